The van der Waals surface area contributed by atoms with Crippen LogP contribution >= 0.6 is 66.7 Å². The zero-order valence-electron chi connectivity index (χ0n) is 28.2. The molecule has 6 nitrogen and oxygen atoms in total. The molecule has 0 radical (unpaired) electrons. The van der Waals surface area contributed by atoms with Crippen LogP contribution in [0, 0.1) is 0 Å². The third kappa shape index (κ3) is 20.2. The van der Waals surface area contributed by atoms with Crippen molar-refractivity contribution < 1.29 is 14.3 Å². The van der Waals surface area contributed by atoms with Gasteiger partial charge in [-0.2, -0.15) is 0 Å². The highest BCUT2D eigenvalue weighted by molar-refractivity contribution is 9.10. The molecule has 0 aliphatic carbocycles. The zero-order valence-corrected chi connectivity index (χ0v) is 33.7. The summed E-state index contributed by atoms with van der Waals surface area (Å²) in [5.74, 6) is -0.109. The fraction of sp³-hybridized carbons (Fsp3) is 0.316. The molecule has 49 heavy (non-hydrogen) atoms. The molecule has 0 bridgehead atoms. The maximum absolute atomic E-state index is 11.9. The molecule has 1 aliphatic heterocycles. The Kier molecular flexibility index (Phi) is 25.1. The lowest BCUT2D eigenvalue weighted by Crippen LogP contribution is -2.22. The van der Waals surface area contributed by atoms with E-state index in [2.05, 4.69) is 62.8 Å². The summed E-state index contributed by atoms with van der Waals surface area (Å²) in [6.45, 7) is 13.1. The molecule has 0 atom stereocenters. The predicted octanol–water partition coefficient (Wildman–Crippen LogP) is 10.8. The number of hydrogen-bond acceptors (Lipinski definition) is 5. The maximum atomic E-state index is 11.9. The molecule has 266 valence electrons. The van der Waals surface area contributed by atoms with Gasteiger partial charge in [0.15, 0.2) is 0 Å². The third-order valence-corrected chi connectivity index (χ3v) is 8.93. The van der Waals surface area contributed by atoms with E-state index in [9.17, 15) is 9.59 Å². The van der Waals surface area contributed by atoms with Crippen LogP contribution in [-0.4, -0.2) is 48.9 Å². The summed E-state index contributed by atoms with van der Waals surface area (Å²) in [7, 11) is 0. The van der Waals surface area contributed by atoms with Crippen LogP contribution in [0.25, 0.3) is 0 Å². The van der Waals surface area contributed by atoms with Crippen molar-refractivity contribution in [3.05, 3.63) is 138 Å². The van der Waals surface area contributed by atoms with Crippen molar-refractivity contribution in [3.63, 3.8) is 0 Å². The molecule has 1 saturated heterocycles. The topological polar surface area (TPSA) is 84.7 Å². The van der Waals surface area contributed by atoms with E-state index >= 15 is 0 Å². The Hall–Kier alpha value is -2.27. The Morgan fingerprint density at radius 2 is 1.14 bits per heavy atom. The van der Waals surface area contributed by atoms with Crippen LogP contribution in [-0.2, 0) is 17.8 Å². The first kappa shape index (κ1) is 44.8. The highest BCUT2D eigenvalue weighted by Crippen LogP contribution is 2.16. The minimum Gasteiger partial charge on any atom is -0.381 e. The van der Waals surface area contributed by atoms with E-state index in [0.29, 0.717) is 29.2 Å². The molecule has 11 heteroatoms. The number of halogens is 5. The van der Waals surface area contributed by atoms with Gasteiger partial charge >= 0.3 is 0 Å². The Balaban J connectivity index is 0.000000331. The monoisotopic (exact) mass is 855 g/mol. The maximum Gasteiger partial charge on any atom is 0.252 e. The molecule has 1 fully saturated rings. The van der Waals surface area contributed by atoms with Gasteiger partial charge in [-0.05, 0) is 116 Å². The normalized spacial score (nSPS) is 11.3. The van der Waals surface area contributed by atoms with Crippen LogP contribution in [0.2, 0.25) is 10.0 Å². The Bertz CT molecular complexity index is 1470. The van der Waals surface area contributed by atoms with Crippen molar-refractivity contribution in [2.75, 3.05) is 32.8 Å². The Morgan fingerprint density at radius 3 is 1.47 bits per heavy atom. The zero-order chi connectivity index (χ0) is 36.4. The summed E-state index contributed by atoms with van der Waals surface area (Å²) in [6, 6.07) is 29.1. The number of rotatable bonds is 8. The van der Waals surface area contributed by atoms with E-state index in [0.717, 1.165) is 38.3 Å². The minimum absolute atomic E-state index is 0.109. The van der Waals surface area contributed by atoms with E-state index < -0.39 is 5.24 Å². The SMILES string of the molecule is C1CCOC1.CCN(CC)CC.NCc1ccccc1Cl.O=C(Cl)c1ccc(Br)cc1.O=C(NCc1ccccc1Cl)c1ccc(Br)cc1. The summed E-state index contributed by atoms with van der Waals surface area (Å²) in [6.07, 6.45) is 2.56. The molecule has 4 aromatic carbocycles. The highest BCUT2D eigenvalue weighted by atomic mass is 79.9. The van der Waals surface area contributed by atoms with Crippen LogP contribution in [0.3, 0.4) is 0 Å². The average molecular weight is 859 g/mol. The van der Waals surface area contributed by atoms with Gasteiger partial charge < -0.3 is 20.7 Å². The molecule has 5 rings (SSSR count). The van der Waals surface area contributed by atoms with Crippen molar-refractivity contribution in [2.45, 2.75) is 46.7 Å². The van der Waals surface area contributed by atoms with Crippen LogP contribution in [0.5, 0.6) is 0 Å². The smallest absolute Gasteiger partial charge is 0.252 e. The lowest BCUT2D eigenvalue weighted by Gasteiger charge is -2.13. The molecule has 1 heterocycles. The first-order valence-electron chi connectivity index (χ1n) is 16.0. The van der Waals surface area contributed by atoms with Crippen molar-refractivity contribution >= 4 is 77.8 Å². The predicted molar refractivity (Wildman–Crippen MR) is 214 cm³/mol. The highest BCUT2D eigenvalue weighted by Gasteiger charge is 2.06. The lowest BCUT2D eigenvalue weighted by molar-refractivity contribution is 0.0950. The largest absolute Gasteiger partial charge is 0.381 e. The second-order valence-corrected chi connectivity index (χ2v) is 13.3. The quantitative estimate of drug-likeness (QED) is 0.172. The fourth-order valence-corrected chi connectivity index (χ4v) is 5.02. The standard InChI is InChI=1S/C14H11BrClNO.C7H4BrClO.C7H8ClN.C6H15N.C4H8O/c15-12-7-5-10(6-8-12)14(18)17-9-11-3-1-2-4-13(11)16;8-6-3-1-5(2-4-6)7(9)10;8-7-4-2-1-3-6(7)5-9;1-4-7(5-2)6-3;1-2-4-5-3-1/h1-8H,9H2,(H,17,18);1-4H;1-4H,5,9H2;4-6H2,1-3H3;1-4H2. The van der Waals surface area contributed by atoms with Gasteiger partial charge in [0.1, 0.15) is 0 Å². The van der Waals surface area contributed by atoms with E-state index in [4.69, 9.17) is 45.3 Å². The molecular weight excluding hydrogens is 813 g/mol. The molecule has 0 aromatic heterocycles. The van der Waals surface area contributed by atoms with Crippen molar-refractivity contribution in [1.82, 2.24) is 10.2 Å². The first-order chi connectivity index (χ1) is 23.6. The molecule has 0 saturated carbocycles. The third-order valence-electron chi connectivity index (χ3n) is 6.92. The number of carbonyl (C=O) groups is 2. The summed E-state index contributed by atoms with van der Waals surface area (Å²) in [5, 5.41) is 3.82. The van der Waals surface area contributed by atoms with Gasteiger partial charge in [0.05, 0.1) is 0 Å². The van der Waals surface area contributed by atoms with Crippen molar-refractivity contribution in [3.8, 4) is 0 Å². The average Bonchev–Trinajstić information content (AvgIpc) is 3.71. The molecule has 1 amide bonds. The van der Waals surface area contributed by atoms with Gasteiger partial charge in [-0.3, -0.25) is 9.59 Å². The number of nitrogens with zero attached hydrogens (tertiary/aromatic N) is 1. The summed E-state index contributed by atoms with van der Waals surface area (Å²) in [5.41, 5.74) is 8.42. The number of ether oxygens (including phenoxy) is 1. The van der Waals surface area contributed by atoms with E-state index in [1.807, 2.05) is 60.7 Å². The van der Waals surface area contributed by atoms with Crippen LogP contribution in [0.1, 0.15) is 65.5 Å². The number of hydrogen-bond donors (Lipinski definition) is 2. The van der Waals surface area contributed by atoms with Gasteiger partial charge in [-0.15, -0.1) is 0 Å². The summed E-state index contributed by atoms with van der Waals surface area (Å²) in [4.78, 5) is 24.8. The van der Waals surface area contributed by atoms with Crippen molar-refractivity contribution in [2.24, 2.45) is 5.73 Å². The number of amides is 1. The van der Waals surface area contributed by atoms with Gasteiger partial charge in [0.2, 0.25) is 0 Å². The number of nitrogens with one attached hydrogen (secondary N) is 1. The van der Waals surface area contributed by atoms with E-state index in [1.165, 1.54) is 32.5 Å². The molecule has 0 spiro atoms. The van der Waals surface area contributed by atoms with Gasteiger partial charge in [0, 0.05) is 56.4 Å². The fourth-order valence-electron chi connectivity index (χ4n) is 3.95. The van der Waals surface area contributed by atoms with E-state index in [-0.39, 0.29) is 5.91 Å². The number of benzene rings is 4. The first-order valence-corrected chi connectivity index (χ1v) is 18.7. The Labute approximate surface area is 323 Å². The Morgan fingerprint density at radius 1 is 0.714 bits per heavy atom. The van der Waals surface area contributed by atoms with E-state index in [1.54, 1.807) is 36.4 Å². The molecule has 4 aromatic rings. The van der Waals surface area contributed by atoms with Crippen LogP contribution in [0.4, 0.5) is 0 Å². The minimum atomic E-state index is -0.424. The summed E-state index contributed by atoms with van der Waals surface area (Å²) >= 11 is 23.5. The molecule has 1 aliphatic rings. The summed E-state index contributed by atoms with van der Waals surface area (Å²) < 4.78 is 6.83. The molecule has 0 unspecified atom stereocenters. The van der Waals surface area contributed by atoms with Gasteiger partial charge in [-0.25, -0.2) is 0 Å². The number of nitrogens with two attached hydrogens (primary N) is 1. The van der Waals surface area contributed by atoms with Crippen LogP contribution in [0.15, 0.2) is 106 Å². The second kappa shape index (κ2) is 27.5. The van der Waals surface area contributed by atoms with Gasteiger partial charge in [-0.1, -0.05) is 112 Å². The van der Waals surface area contributed by atoms with Gasteiger partial charge in [0.25, 0.3) is 11.1 Å². The second-order valence-electron chi connectivity index (χ2n) is 10.3. The lowest BCUT2D eigenvalue weighted by atomic mass is 10.2. The molecule has 3 N–H and O–H groups in total. The van der Waals surface area contributed by atoms with Crippen molar-refractivity contribution in [1.29, 1.82) is 0 Å². The van der Waals surface area contributed by atoms with Crippen LogP contribution < -0.4 is 11.1 Å². The molecular formula is C38H46Br2Cl3N3O3. The number of carbonyl (C=O) groups excluding carboxylic acids is 2.